The van der Waals surface area contributed by atoms with E-state index >= 15 is 0 Å². The fourth-order valence-corrected chi connectivity index (χ4v) is 2.98. The van der Waals surface area contributed by atoms with Gasteiger partial charge < -0.3 is 10.1 Å². The average molecular weight is 257 g/mol. The fourth-order valence-electron chi connectivity index (χ4n) is 1.52. The average Bonchev–Trinajstić information content (AvgIpc) is 2.29. The van der Waals surface area contributed by atoms with Crippen LogP contribution in [0.4, 0.5) is 0 Å². The number of sulfone groups is 1. The van der Waals surface area contributed by atoms with Crippen LogP contribution in [0, 0.1) is 6.92 Å². The second-order valence-electron chi connectivity index (χ2n) is 3.83. The lowest BCUT2D eigenvalue weighted by molar-refractivity contribution is 0.402. The summed E-state index contributed by atoms with van der Waals surface area (Å²) in [4.78, 5) is 0.276. The minimum atomic E-state index is -3.29. The standard InChI is InChI=1S/C12H19NO3S/c1-4-13-7-8-17(14,15)12-9-10(2)5-6-11(12)16-3/h5-6,9,13H,4,7-8H2,1-3H3. The highest BCUT2D eigenvalue weighted by Crippen LogP contribution is 2.25. The summed E-state index contributed by atoms with van der Waals surface area (Å²) in [6, 6.07) is 5.18. The lowest BCUT2D eigenvalue weighted by Crippen LogP contribution is -2.23. The molecule has 0 unspecified atom stereocenters. The Kier molecular flexibility index (Phi) is 4.96. The lowest BCUT2D eigenvalue weighted by atomic mass is 10.2. The summed E-state index contributed by atoms with van der Waals surface area (Å²) in [7, 11) is -1.81. The van der Waals surface area contributed by atoms with E-state index < -0.39 is 9.84 Å². The summed E-state index contributed by atoms with van der Waals surface area (Å²) in [6.07, 6.45) is 0. The van der Waals surface area contributed by atoms with Crippen LogP contribution in [0.5, 0.6) is 5.75 Å². The number of aryl methyl sites for hydroxylation is 1. The highest BCUT2D eigenvalue weighted by molar-refractivity contribution is 7.91. The van der Waals surface area contributed by atoms with Gasteiger partial charge in [0.1, 0.15) is 10.6 Å². The predicted molar refractivity (Wildman–Crippen MR) is 68.3 cm³/mol. The molecule has 0 aliphatic rings. The van der Waals surface area contributed by atoms with Crippen LogP contribution in [0.15, 0.2) is 23.1 Å². The molecule has 0 atom stereocenters. The molecular formula is C12H19NO3S. The van der Waals surface area contributed by atoms with Gasteiger partial charge in [-0.1, -0.05) is 13.0 Å². The first-order chi connectivity index (χ1) is 8.01. The van der Waals surface area contributed by atoms with Crippen LogP contribution in [0.1, 0.15) is 12.5 Å². The molecule has 1 N–H and O–H groups in total. The maximum absolute atomic E-state index is 12.1. The third kappa shape index (κ3) is 3.71. The summed E-state index contributed by atoms with van der Waals surface area (Å²) in [5.74, 6) is 0.493. The number of ether oxygens (including phenoxy) is 1. The topological polar surface area (TPSA) is 55.4 Å². The van der Waals surface area contributed by atoms with Crippen LogP contribution in [0.2, 0.25) is 0 Å². The molecule has 0 heterocycles. The van der Waals surface area contributed by atoms with Crippen LogP contribution >= 0.6 is 0 Å². The van der Waals surface area contributed by atoms with Gasteiger partial charge in [0.2, 0.25) is 0 Å². The minimum absolute atomic E-state index is 0.0840. The van der Waals surface area contributed by atoms with Crippen molar-refractivity contribution < 1.29 is 13.2 Å². The fraction of sp³-hybridized carbons (Fsp3) is 0.500. The van der Waals surface area contributed by atoms with E-state index in [9.17, 15) is 8.42 Å². The molecule has 1 rings (SSSR count). The van der Waals surface area contributed by atoms with Crippen molar-refractivity contribution >= 4 is 9.84 Å². The molecule has 0 saturated heterocycles. The zero-order valence-electron chi connectivity index (χ0n) is 10.5. The number of benzene rings is 1. The number of hydrogen-bond acceptors (Lipinski definition) is 4. The molecule has 0 spiro atoms. The second-order valence-corrected chi connectivity index (χ2v) is 5.90. The van der Waals surface area contributed by atoms with Gasteiger partial charge in [0, 0.05) is 6.54 Å². The van der Waals surface area contributed by atoms with Crippen LogP contribution in [0.3, 0.4) is 0 Å². The van der Waals surface area contributed by atoms with Gasteiger partial charge in [-0.3, -0.25) is 0 Å². The van der Waals surface area contributed by atoms with E-state index in [0.717, 1.165) is 12.1 Å². The lowest BCUT2D eigenvalue weighted by Gasteiger charge is -2.10. The summed E-state index contributed by atoms with van der Waals surface area (Å²) in [5.41, 5.74) is 0.910. The maximum Gasteiger partial charge on any atom is 0.183 e. The Morgan fingerprint density at radius 3 is 2.65 bits per heavy atom. The van der Waals surface area contributed by atoms with E-state index in [0.29, 0.717) is 12.3 Å². The predicted octanol–water partition coefficient (Wildman–Crippen LogP) is 1.39. The van der Waals surface area contributed by atoms with Gasteiger partial charge >= 0.3 is 0 Å². The quantitative estimate of drug-likeness (QED) is 0.782. The number of nitrogens with one attached hydrogen (secondary N) is 1. The van der Waals surface area contributed by atoms with Crippen molar-refractivity contribution in [1.29, 1.82) is 0 Å². The van der Waals surface area contributed by atoms with Gasteiger partial charge in [0.15, 0.2) is 9.84 Å². The summed E-state index contributed by atoms with van der Waals surface area (Å²) in [6.45, 7) is 5.03. The van der Waals surface area contributed by atoms with Gasteiger partial charge in [-0.15, -0.1) is 0 Å². The van der Waals surface area contributed by atoms with E-state index in [1.807, 2.05) is 19.9 Å². The number of hydrogen-bond donors (Lipinski definition) is 1. The van der Waals surface area contributed by atoms with Gasteiger partial charge in [-0.05, 0) is 31.2 Å². The Labute approximate surface area is 103 Å². The molecule has 4 nitrogen and oxygen atoms in total. The van der Waals surface area contributed by atoms with Crippen LogP contribution in [-0.4, -0.2) is 34.4 Å². The number of rotatable bonds is 6. The first-order valence-corrected chi connectivity index (χ1v) is 7.24. The molecule has 96 valence electrons. The van der Waals surface area contributed by atoms with Gasteiger partial charge in [-0.2, -0.15) is 0 Å². The molecule has 0 amide bonds. The highest BCUT2D eigenvalue weighted by Gasteiger charge is 2.19. The van der Waals surface area contributed by atoms with Crippen molar-refractivity contribution in [2.45, 2.75) is 18.7 Å². The van der Waals surface area contributed by atoms with Crippen LogP contribution in [0.25, 0.3) is 0 Å². The SMILES string of the molecule is CCNCCS(=O)(=O)c1cc(C)ccc1OC. The van der Waals surface area contributed by atoms with Crippen molar-refractivity contribution in [2.75, 3.05) is 26.0 Å². The highest BCUT2D eigenvalue weighted by atomic mass is 32.2. The molecular weight excluding hydrogens is 238 g/mol. The molecule has 1 aromatic carbocycles. The molecule has 0 radical (unpaired) electrons. The van der Waals surface area contributed by atoms with E-state index in [1.165, 1.54) is 7.11 Å². The zero-order valence-corrected chi connectivity index (χ0v) is 11.3. The molecule has 0 aromatic heterocycles. The summed E-state index contributed by atoms with van der Waals surface area (Å²) < 4.78 is 29.3. The van der Waals surface area contributed by atoms with Crippen molar-refractivity contribution in [3.8, 4) is 5.75 Å². The smallest absolute Gasteiger partial charge is 0.183 e. The molecule has 5 heteroatoms. The van der Waals surface area contributed by atoms with E-state index in [4.69, 9.17) is 4.74 Å². The monoisotopic (exact) mass is 257 g/mol. The van der Waals surface area contributed by atoms with E-state index in [-0.39, 0.29) is 10.6 Å². The number of methoxy groups -OCH3 is 1. The third-order valence-electron chi connectivity index (χ3n) is 2.45. The molecule has 0 saturated carbocycles. The van der Waals surface area contributed by atoms with Gasteiger partial charge in [-0.25, -0.2) is 8.42 Å². The van der Waals surface area contributed by atoms with Gasteiger partial charge in [0.05, 0.1) is 12.9 Å². The Bertz CT molecular complexity index is 469. The van der Waals surface area contributed by atoms with Crippen molar-refractivity contribution in [3.05, 3.63) is 23.8 Å². The first kappa shape index (κ1) is 14.0. The van der Waals surface area contributed by atoms with Crippen LogP contribution < -0.4 is 10.1 Å². The van der Waals surface area contributed by atoms with Crippen LogP contribution in [-0.2, 0) is 9.84 Å². The molecule has 0 aliphatic heterocycles. The molecule has 1 aromatic rings. The summed E-state index contributed by atoms with van der Waals surface area (Å²) in [5, 5.41) is 3.01. The largest absolute Gasteiger partial charge is 0.495 e. The van der Waals surface area contributed by atoms with Crippen molar-refractivity contribution in [3.63, 3.8) is 0 Å². The minimum Gasteiger partial charge on any atom is -0.495 e. The Morgan fingerprint density at radius 1 is 1.35 bits per heavy atom. The van der Waals surface area contributed by atoms with Gasteiger partial charge in [0.25, 0.3) is 0 Å². The second kappa shape index (κ2) is 6.02. The van der Waals surface area contributed by atoms with Crippen molar-refractivity contribution in [2.24, 2.45) is 0 Å². The Hall–Kier alpha value is -1.07. The Balaban J connectivity index is 3.00. The molecule has 0 bridgehead atoms. The molecule has 17 heavy (non-hydrogen) atoms. The van der Waals surface area contributed by atoms with E-state index in [2.05, 4.69) is 5.32 Å². The normalized spacial score (nSPS) is 11.5. The first-order valence-electron chi connectivity index (χ1n) is 5.59. The molecule has 0 aliphatic carbocycles. The van der Waals surface area contributed by atoms with Crippen molar-refractivity contribution in [1.82, 2.24) is 5.32 Å². The zero-order chi connectivity index (χ0) is 12.9. The summed E-state index contributed by atoms with van der Waals surface area (Å²) >= 11 is 0. The third-order valence-corrected chi connectivity index (χ3v) is 4.18. The van der Waals surface area contributed by atoms with E-state index in [1.54, 1.807) is 12.1 Å². The Morgan fingerprint density at radius 2 is 2.06 bits per heavy atom. The molecule has 0 fully saturated rings. The maximum atomic E-state index is 12.1.